The number of benzene rings is 1. The van der Waals surface area contributed by atoms with Gasteiger partial charge in [0, 0.05) is 44.3 Å². The van der Waals surface area contributed by atoms with Gasteiger partial charge in [-0.2, -0.15) is 4.68 Å². The minimum absolute atomic E-state index is 0.0281. The minimum Gasteiger partial charge on any atom is -0.490 e. The Labute approximate surface area is 192 Å². The number of carbonyl (C=O) groups is 1. The lowest BCUT2D eigenvalue weighted by atomic mass is 10.1. The van der Waals surface area contributed by atoms with Crippen molar-refractivity contribution in [1.82, 2.24) is 14.7 Å². The van der Waals surface area contributed by atoms with Gasteiger partial charge in [0.2, 0.25) is 10.0 Å². The number of rotatable bonds is 6. The quantitative estimate of drug-likeness (QED) is 0.672. The van der Waals surface area contributed by atoms with Crippen LogP contribution < -0.4 is 14.2 Å². The van der Waals surface area contributed by atoms with Crippen molar-refractivity contribution in [2.75, 3.05) is 24.1 Å². The topological polar surface area (TPSA) is 103 Å². The second kappa shape index (κ2) is 9.58. The minimum atomic E-state index is -3.45. The highest BCUT2D eigenvalue weighted by molar-refractivity contribution is 7.92. The third kappa shape index (κ3) is 5.86. The smallest absolute Gasteiger partial charge is 0.344 e. The fourth-order valence-corrected chi connectivity index (χ4v) is 4.66. The fraction of sp³-hybridized carbons (Fsp3) is 0.524. The maximum atomic E-state index is 12.7. The Morgan fingerprint density at radius 3 is 2.47 bits per heavy atom. The maximum Gasteiger partial charge on any atom is 0.344 e. The molecule has 9 nitrogen and oxygen atoms in total. The number of aromatic nitrogens is 2. The summed E-state index contributed by atoms with van der Waals surface area (Å²) in [4.78, 5) is 14.3. The van der Waals surface area contributed by atoms with Gasteiger partial charge >= 0.3 is 6.03 Å². The Morgan fingerprint density at radius 2 is 1.78 bits per heavy atom. The van der Waals surface area contributed by atoms with Crippen molar-refractivity contribution >= 4 is 33.5 Å². The molecule has 32 heavy (non-hydrogen) atoms. The van der Waals surface area contributed by atoms with Crippen LogP contribution in [0.15, 0.2) is 30.5 Å². The van der Waals surface area contributed by atoms with E-state index in [4.69, 9.17) is 21.1 Å². The lowest BCUT2D eigenvalue weighted by Gasteiger charge is -2.32. The van der Waals surface area contributed by atoms with E-state index in [1.807, 2.05) is 12.1 Å². The molecule has 1 N–H and O–H groups in total. The van der Waals surface area contributed by atoms with Crippen molar-refractivity contribution in [3.05, 3.63) is 35.5 Å². The molecule has 1 saturated carbocycles. The van der Waals surface area contributed by atoms with E-state index in [1.54, 1.807) is 11.0 Å². The van der Waals surface area contributed by atoms with Crippen LogP contribution in [0.2, 0.25) is 5.02 Å². The number of hydrogen-bond acceptors (Lipinski definition) is 6. The van der Waals surface area contributed by atoms with Gasteiger partial charge < -0.3 is 14.4 Å². The number of halogens is 1. The van der Waals surface area contributed by atoms with Gasteiger partial charge in [-0.25, -0.2) is 13.2 Å². The molecule has 174 valence electrons. The van der Waals surface area contributed by atoms with Gasteiger partial charge in [-0.15, -0.1) is 5.10 Å². The average Bonchev–Trinajstić information content (AvgIpc) is 3.41. The molecule has 1 aliphatic heterocycles. The molecule has 4 rings (SSSR count). The molecule has 1 amide bonds. The Balaban J connectivity index is 1.30. The summed E-state index contributed by atoms with van der Waals surface area (Å²) in [5.41, 5.74) is 0. The fourth-order valence-electron chi connectivity index (χ4n) is 4.01. The summed E-state index contributed by atoms with van der Waals surface area (Å²) in [5.74, 6) is 1.47. The summed E-state index contributed by atoms with van der Waals surface area (Å²) < 4.78 is 38.2. The van der Waals surface area contributed by atoms with Gasteiger partial charge in [0.15, 0.2) is 5.82 Å². The number of nitrogens with one attached hydrogen (secondary N) is 1. The zero-order valence-corrected chi connectivity index (χ0v) is 19.4. The largest absolute Gasteiger partial charge is 0.490 e. The van der Waals surface area contributed by atoms with E-state index >= 15 is 0 Å². The summed E-state index contributed by atoms with van der Waals surface area (Å²) in [6, 6.07) is 6.61. The number of carbonyl (C=O) groups excluding carboxylic acids is 1. The summed E-state index contributed by atoms with van der Waals surface area (Å²) in [7, 11) is -3.45. The lowest BCUT2D eigenvalue weighted by Crippen LogP contribution is -2.43. The molecule has 0 spiro atoms. The highest BCUT2D eigenvalue weighted by atomic mass is 35.5. The molecule has 1 aliphatic carbocycles. The molecule has 0 bridgehead atoms. The van der Waals surface area contributed by atoms with Gasteiger partial charge in [-0.3, -0.25) is 4.72 Å². The standard InChI is InChI=1S/C21H27ClN4O5S/c1-32(28,29)24-20-10-13-26(23-20)21(27)25-11-8-16(9-12-25)30-17-6-7-18(22)19(14-17)31-15-4-2-3-5-15/h6-7,10,13-16H,2-5,8-9,11-12H2,1H3,(H,23,24). The van der Waals surface area contributed by atoms with Gasteiger partial charge in [0.05, 0.1) is 17.4 Å². The van der Waals surface area contributed by atoms with E-state index in [0.717, 1.165) is 23.8 Å². The number of piperidine rings is 1. The first-order valence-corrected chi connectivity index (χ1v) is 13.0. The van der Waals surface area contributed by atoms with Crippen LogP contribution >= 0.6 is 11.6 Å². The normalized spacial score (nSPS) is 18.0. The SMILES string of the molecule is CS(=O)(=O)Nc1ccn(C(=O)N2CCC(Oc3ccc(Cl)c(OC4CCCC4)c3)CC2)n1. The van der Waals surface area contributed by atoms with Crippen LogP contribution in [-0.2, 0) is 10.0 Å². The number of hydrogen-bond donors (Lipinski definition) is 1. The van der Waals surface area contributed by atoms with Crippen molar-refractivity contribution in [3.63, 3.8) is 0 Å². The van der Waals surface area contributed by atoms with Gasteiger partial charge in [0.25, 0.3) is 0 Å². The predicted octanol–water partition coefficient (Wildman–Crippen LogP) is 3.74. The summed E-state index contributed by atoms with van der Waals surface area (Å²) >= 11 is 6.30. The number of anilines is 1. The monoisotopic (exact) mass is 482 g/mol. The third-order valence-corrected chi connectivity index (χ3v) is 6.48. The van der Waals surface area contributed by atoms with E-state index in [1.165, 1.54) is 25.1 Å². The van der Waals surface area contributed by atoms with E-state index in [9.17, 15) is 13.2 Å². The van der Waals surface area contributed by atoms with Crippen LogP contribution in [0.3, 0.4) is 0 Å². The molecule has 2 heterocycles. The van der Waals surface area contributed by atoms with Crippen molar-refractivity contribution in [2.24, 2.45) is 0 Å². The van der Waals surface area contributed by atoms with Crippen molar-refractivity contribution in [1.29, 1.82) is 0 Å². The second-order valence-corrected chi connectivity index (χ2v) is 10.4. The molecule has 1 aromatic carbocycles. The van der Waals surface area contributed by atoms with Crippen LogP contribution in [0.4, 0.5) is 10.6 Å². The molecule has 1 saturated heterocycles. The second-order valence-electron chi connectivity index (χ2n) is 8.22. The number of nitrogens with zero attached hydrogens (tertiary/aromatic N) is 3. The first-order valence-electron chi connectivity index (χ1n) is 10.7. The zero-order chi connectivity index (χ0) is 22.7. The van der Waals surface area contributed by atoms with E-state index in [2.05, 4.69) is 9.82 Å². The molecule has 0 unspecified atom stereocenters. The Kier molecular flexibility index (Phi) is 6.80. The molecule has 2 aliphatic rings. The lowest BCUT2D eigenvalue weighted by molar-refractivity contribution is 0.110. The van der Waals surface area contributed by atoms with Crippen molar-refractivity contribution in [2.45, 2.75) is 50.7 Å². The first kappa shape index (κ1) is 22.7. The third-order valence-electron chi connectivity index (χ3n) is 5.59. The Hall–Kier alpha value is -2.46. The zero-order valence-electron chi connectivity index (χ0n) is 17.9. The van der Waals surface area contributed by atoms with Crippen LogP contribution in [0.5, 0.6) is 11.5 Å². The van der Waals surface area contributed by atoms with E-state index in [-0.39, 0.29) is 24.1 Å². The highest BCUT2D eigenvalue weighted by Gasteiger charge is 2.26. The molecule has 1 aromatic heterocycles. The van der Waals surface area contributed by atoms with Crippen LogP contribution in [-0.4, -0.2) is 60.7 Å². The van der Waals surface area contributed by atoms with E-state index < -0.39 is 10.0 Å². The van der Waals surface area contributed by atoms with Crippen LogP contribution in [0.1, 0.15) is 38.5 Å². The summed E-state index contributed by atoms with van der Waals surface area (Å²) in [6.07, 6.45) is 8.47. The number of likely N-dealkylation sites (tertiary alicyclic amines) is 1. The van der Waals surface area contributed by atoms with Gasteiger partial charge in [-0.05, 0) is 37.8 Å². The van der Waals surface area contributed by atoms with Gasteiger partial charge in [0.1, 0.15) is 17.6 Å². The highest BCUT2D eigenvalue weighted by Crippen LogP contribution is 2.33. The molecular weight excluding hydrogens is 456 g/mol. The average molecular weight is 483 g/mol. The van der Waals surface area contributed by atoms with Crippen LogP contribution in [0, 0.1) is 0 Å². The van der Waals surface area contributed by atoms with Gasteiger partial charge in [-0.1, -0.05) is 11.6 Å². The van der Waals surface area contributed by atoms with Crippen molar-refractivity contribution in [3.8, 4) is 11.5 Å². The molecule has 0 atom stereocenters. The van der Waals surface area contributed by atoms with Crippen LogP contribution in [0.25, 0.3) is 0 Å². The molecule has 11 heteroatoms. The number of sulfonamides is 1. The van der Waals surface area contributed by atoms with Crippen molar-refractivity contribution < 1.29 is 22.7 Å². The maximum absolute atomic E-state index is 12.7. The Morgan fingerprint density at radius 1 is 1.09 bits per heavy atom. The molecule has 2 aromatic rings. The predicted molar refractivity (Wildman–Crippen MR) is 121 cm³/mol. The molecule has 2 fully saturated rings. The first-order chi connectivity index (χ1) is 15.3. The molecular formula is C21H27ClN4O5S. The molecule has 0 radical (unpaired) electrons. The summed E-state index contributed by atoms with van der Waals surface area (Å²) in [5, 5.41) is 4.57. The summed E-state index contributed by atoms with van der Waals surface area (Å²) in [6.45, 7) is 1.02. The number of amides is 1. The Bertz CT molecular complexity index is 1060. The number of ether oxygens (including phenoxy) is 2. The van der Waals surface area contributed by atoms with E-state index in [0.29, 0.717) is 42.5 Å².